The Balaban J connectivity index is 2.18. The summed E-state index contributed by atoms with van der Waals surface area (Å²) in [6.07, 6.45) is 3.74. The molecule has 1 heterocycles. The van der Waals surface area contributed by atoms with Crippen LogP contribution in [0.1, 0.15) is 38.7 Å². The van der Waals surface area contributed by atoms with Gasteiger partial charge in [0.05, 0.1) is 11.8 Å². The number of benzene rings is 1. The minimum atomic E-state index is 0.284. The van der Waals surface area contributed by atoms with E-state index in [1.807, 2.05) is 0 Å². The second kappa shape index (κ2) is 7.53. The van der Waals surface area contributed by atoms with E-state index in [1.165, 1.54) is 17.7 Å². The second-order valence-electron chi connectivity index (χ2n) is 5.78. The van der Waals surface area contributed by atoms with Gasteiger partial charge < -0.3 is 15.0 Å². The number of nitrogens with one attached hydrogen (secondary N) is 1. The molecule has 0 radical (unpaired) electrons. The van der Waals surface area contributed by atoms with Crippen molar-refractivity contribution >= 4 is 5.69 Å². The zero-order valence-corrected chi connectivity index (χ0v) is 13.1. The molecule has 1 unspecified atom stereocenters. The normalized spacial score (nSPS) is 17.6. The molecular weight excluding hydrogens is 248 g/mol. The molecule has 1 N–H and O–H groups in total. The highest BCUT2D eigenvalue weighted by molar-refractivity contribution is 5.60. The monoisotopic (exact) mass is 276 g/mol. The fourth-order valence-corrected chi connectivity index (χ4v) is 2.74. The maximum Gasteiger partial charge on any atom is 0.143 e. The molecule has 112 valence electrons. The molecule has 1 atom stereocenters. The Kier molecular flexibility index (Phi) is 5.72. The molecule has 0 aromatic heterocycles. The van der Waals surface area contributed by atoms with Crippen LogP contribution in [0.15, 0.2) is 18.2 Å². The van der Waals surface area contributed by atoms with Gasteiger partial charge in [0.1, 0.15) is 5.75 Å². The Labute approximate surface area is 123 Å². The first-order chi connectivity index (χ1) is 9.70. The van der Waals surface area contributed by atoms with Crippen molar-refractivity contribution in [2.24, 2.45) is 0 Å². The Morgan fingerprint density at radius 2 is 2.15 bits per heavy atom. The van der Waals surface area contributed by atoms with Crippen LogP contribution in [-0.4, -0.2) is 32.3 Å². The summed E-state index contributed by atoms with van der Waals surface area (Å²) in [7, 11) is 0. The summed E-state index contributed by atoms with van der Waals surface area (Å²) in [6, 6.07) is 6.54. The number of aryl methyl sites for hydroxylation is 1. The summed E-state index contributed by atoms with van der Waals surface area (Å²) < 4.78 is 6.17. The molecular formula is C17H28N2O. The van der Waals surface area contributed by atoms with E-state index in [0.29, 0.717) is 0 Å². The highest BCUT2D eigenvalue weighted by Crippen LogP contribution is 2.31. The second-order valence-corrected chi connectivity index (χ2v) is 5.78. The SMILES string of the molecule is CCCC(C)Oc1ccc(C)cc1N1CCCNCC1. The number of rotatable bonds is 5. The number of nitrogens with zero attached hydrogens (tertiary/aromatic N) is 1. The van der Waals surface area contributed by atoms with Gasteiger partial charge in [0, 0.05) is 19.6 Å². The van der Waals surface area contributed by atoms with Crippen LogP contribution in [0.5, 0.6) is 5.75 Å². The van der Waals surface area contributed by atoms with Gasteiger partial charge in [-0.25, -0.2) is 0 Å². The van der Waals surface area contributed by atoms with E-state index >= 15 is 0 Å². The van der Waals surface area contributed by atoms with E-state index in [0.717, 1.165) is 44.8 Å². The summed E-state index contributed by atoms with van der Waals surface area (Å²) in [5.74, 6) is 1.04. The topological polar surface area (TPSA) is 24.5 Å². The quantitative estimate of drug-likeness (QED) is 0.892. The Morgan fingerprint density at radius 3 is 2.95 bits per heavy atom. The predicted octanol–water partition coefficient (Wildman–Crippen LogP) is 3.36. The highest BCUT2D eigenvalue weighted by atomic mass is 16.5. The first kappa shape index (κ1) is 15.2. The zero-order chi connectivity index (χ0) is 14.4. The molecule has 1 aromatic carbocycles. The van der Waals surface area contributed by atoms with Crippen molar-refractivity contribution < 1.29 is 4.74 Å². The maximum absolute atomic E-state index is 6.17. The molecule has 0 amide bonds. The standard InChI is InChI=1S/C17H28N2O/c1-4-6-15(3)20-17-8-7-14(2)13-16(17)19-11-5-9-18-10-12-19/h7-8,13,15,18H,4-6,9-12H2,1-3H3. The molecule has 0 saturated carbocycles. The van der Waals surface area contributed by atoms with Gasteiger partial charge in [-0.05, 0) is 50.9 Å². The van der Waals surface area contributed by atoms with Crippen molar-refractivity contribution in [1.82, 2.24) is 5.32 Å². The molecule has 1 fully saturated rings. The van der Waals surface area contributed by atoms with E-state index in [9.17, 15) is 0 Å². The summed E-state index contributed by atoms with van der Waals surface area (Å²) in [4.78, 5) is 2.46. The third kappa shape index (κ3) is 4.14. The summed E-state index contributed by atoms with van der Waals surface area (Å²) in [6.45, 7) is 10.9. The van der Waals surface area contributed by atoms with Crippen molar-refractivity contribution in [3.63, 3.8) is 0 Å². The third-order valence-electron chi connectivity index (χ3n) is 3.82. The first-order valence-corrected chi connectivity index (χ1v) is 7.93. The molecule has 3 heteroatoms. The van der Waals surface area contributed by atoms with Crippen LogP contribution >= 0.6 is 0 Å². The van der Waals surface area contributed by atoms with Crippen molar-refractivity contribution in [2.75, 3.05) is 31.1 Å². The smallest absolute Gasteiger partial charge is 0.143 e. The molecule has 20 heavy (non-hydrogen) atoms. The number of hydrogen-bond donors (Lipinski definition) is 1. The number of hydrogen-bond acceptors (Lipinski definition) is 3. The first-order valence-electron chi connectivity index (χ1n) is 7.93. The largest absolute Gasteiger partial charge is 0.489 e. The van der Waals surface area contributed by atoms with Crippen LogP contribution in [0.4, 0.5) is 5.69 Å². The van der Waals surface area contributed by atoms with Crippen LogP contribution in [0.3, 0.4) is 0 Å². The van der Waals surface area contributed by atoms with Crippen LogP contribution in [0, 0.1) is 6.92 Å². The van der Waals surface area contributed by atoms with Gasteiger partial charge in [0.2, 0.25) is 0 Å². The molecule has 0 spiro atoms. The average Bonchev–Trinajstić information content (AvgIpc) is 2.70. The Hall–Kier alpha value is -1.22. The molecule has 1 aromatic rings. The number of anilines is 1. The maximum atomic E-state index is 6.17. The Morgan fingerprint density at radius 1 is 1.30 bits per heavy atom. The van der Waals surface area contributed by atoms with Gasteiger partial charge in [-0.3, -0.25) is 0 Å². The molecule has 0 bridgehead atoms. The van der Waals surface area contributed by atoms with Gasteiger partial charge >= 0.3 is 0 Å². The average molecular weight is 276 g/mol. The van der Waals surface area contributed by atoms with Crippen molar-refractivity contribution in [3.05, 3.63) is 23.8 Å². The lowest BCUT2D eigenvalue weighted by atomic mass is 10.1. The fraction of sp³-hybridized carbons (Fsp3) is 0.647. The molecule has 0 aliphatic carbocycles. The molecule has 1 aliphatic heterocycles. The fourth-order valence-electron chi connectivity index (χ4n) is 2.74. The van der Waals surface area contributed by atoms with Crippen LogP contribution in [-0.2, 0) is 0 Å². The number of ether oxygens (including phenoxy) is 1. The van der Waals surface area contributed by atoms with Crippen molar-refractivity contribution in [2.45, 2.75) is 46.1 Å². The summed E-state index contributed by atoms with van der Waals surface area (Å²) >= 11 is 0. The van der Waals surface area contributed by atoms with E-state index in [-0.39, 0.29) is 6.10 Å². The summed E-state index contributed by atoms with van der Waals surface area (Å²) in [5.41, 5.74) is 2.56. The third-order valence-corrected chi connectivity index (χ3v) is 3.82. The van der Waals surface area contributed by atoms with Gasteiger partial charge in [0.15, 0.2) is 0 Å². The van der Waals surface area contributed by atoms with Crippen molar-refractivity contribution in [1.29, 1.82) is 0 Å². The molecule has 3 nitrogen and oxygen atoms in total. The van der Waals surface area contributed by atoms with Gasteiger partial charge in [0.25, 0.3) is 0 Å². The van der Waals surface area contributed by atoms with Crippen molar-refractivity contribution in [3.8, 4) is 5.75 Å². The van der Waals surface area contributed by atoms with E-state index in [4.69, 9.17) is 4.74 Å². The minimum Gasteiger partial charge on any atom is -0.489 e. The van der Waals surface area contributed by atoms with E-state index in [1.54, 1.807) is 0 Å². The van der Waals surface area contributed by atoms with Crippen LogP contribution < -0.4 is 15.0 Å². The van der Waals surface area contributed by atoms with E-state index < -0.39 is 0 Å². The Bertz CT molecular complexity index is 411. The van der Waals surface area contributed by atoms with Crippen LogP contribution in [0.2, 0.25) is 0 Å². The molecule has 2 rings (SSSR count). The minimum absolute atomic E-state index is 0.284. The lowest BCUT2D eigenvalue weighted by molar-refractivity contribution is 0.210. The summed E-state index contributed by atoms with van der Waals surface area (Å²) in [5, 5.41) is 3.46. The van der Waals surface area contributed by atoms with Crippen LogP contribution in [0.25, 0.3) is 0 Å². The molecule has 1 saturated heterocycles. The van der Waals surface area contributed by atoms with Gasteiger partial charge in [-0.15, -0.1) is 0 Å². The molecule has 1 aliphatic rings. The van der Waals surface area contributed by atoms with Gasteiger partial charge in [-0.1, -0.05) is 19.4 Å². The predicted molar refractivity (Wildman–Crippen MR) is 85.9 cm³/mol. The lowest BCUT2D eigenvalue weighted by Gasteiger charge is -2.27. The highest BCUT2D eigenvalue weighted by Gasteiger charge is 2.16. The lowest BCUT2D eigenvalue weighted by Crippen LogP contribution is -2.28. The van der Waals surface area contributed by atoms with Gasteiger partial charge in [-0.2, -0.15) is 0 Å². The zero-order valence-electron chi connectivity index (χ0n) is 13.1. The van der Waals surface area contributed by atoms with E-state index in [2.05, 4.69) is 49.2 Å².